The Bertz CT molecular complexity index is 657. The van der Waals surface area contributed by atoms with Crippen LogP contribution in [0.4, 0.5) is 0 Å². The van der Waals surface area contributed by atoms with Gasteiger partial charge in [0, 0.05) is 8.41 Å². The maximum Gasteiger partial charge on any atom is 0.224 e. The van der Waals surface area contributed by atoms with E-state index in [0.29, 0.717) is 4.22 Å². The number of fused-ring (bicyclic) bond motifs is 1. The molecule has 2 N–H and O–H groups in total. The number of allylic oxidation sites excluding steroid dienone is 1. The first kappa shape index (κ1) is 24.8. The Balaban J connectivity index is 0.000000427. The smallest absolute Gasteiger partial charge is 0.224 e. The number of benzene rings is 1. The molecule has 25 heavy (non-hydrogen) atoms. The van der Waals surface area contributed by atoms with Crippen LogP contribution in [0.5, 0.6) is 0 Å². The van der Waals surface area contributed by atoms with Crippen molar-refractivity contribution in [3.8, 4) is 0 Å². The summed E-state index contributed by atoms with van der Waals surface area (Å²) in [6.45, 7) is 6.70. The number of nitrogens with two attached hydrogens (primary N) is 1. The van der Waals surface area contributed by atoms with Gasteiger partial charge in [-0.15, -0.1) is 0 Å². The van der Waals surface area contributed by atoms with Crippen LogP contribution in [0.15, 0.2) is 29.8 Å². The minimum absolute atomic E-state index is 0. The average Bonchev–Trinajstić information content (AvgIpc) is 2.83. The average molecular weight is 431 g/mol. The summed E-state index contributed by atoms with van der Waals surface area (Å²) in [6, 6.07) is 8.61. The normalized spacial score (nSPS) is 20.8. The van der Waals surface area contributed by atoms with E-state index in [1.54, 1.807) is 0 Å². The summed E-state index contributed by atoms with van der Waals surface area (Å²) in [5.74, 6) is 0.0125. The van der Waals surface area contributed by atoms with E-state index in [1.165, 1.54) is 34.7 Å². The predicted molar refractivity (Wildman–Crippen MR) is 96.5 cm³/mol. The molecular formula is C19H26Cl2NOSiTi. The van der Waals surface area contributed by atoms with Crippen LogP contribution >= 0.6 is 0 Å². The molecular weight excluding hydrogens is 405 g/mol. The fourth-order valence-electron chi connectivity index (χ4n) is 3.40. The van der Waals surface area contributed by atoms with E-state index >= 15 is 0 Å². The molecule has 2 aliphatic rings. The third kappa shape index (κ3) is 6.48. The number of rotatable bonds is 1. The third-order valence-electron chi connectivity index (χ3n) is 4.74. The van der Waals surface area contributed by atoms with Crippen molar-refractivity contribution in [1.82, 2.24) is 0 Å². The number of hydrogen-bond donors (Lipinski definition) is 1. The molecule has 0 spiro atoms. The van der Waals surface area contributed by atoms with E-state index in [2.05, 4.69) is 70.8 Å². The number of amides is 1. The van der Waals surface area contributed by atoms with Crippen molar-refractivity contribution >= 4 is 25.6 Å². The van der Waals surface area contributed by atoms with Gasteiger partial charge in [-0.25, -0.2) is 0 Å². The largest absolute Gasteiger partial charge is 1.00 e. The van der Waals surface area contributed by atoms with Crippen LogP contribution in [0.2, 0.25) is 13.1 Å². The second kappa shape index (κ2) is 11.5. The summed E-state index contributed by atoms with van der Waals surface area (Å²) < 4.78 is 0.631. The summed E-state index contributed by atoms with van der Waals surface area (Å²) in [4.78, 5) is 11.1. The van der Waals surface area contributed by atoms with E-state index < -0.39 is 8.41 Å². The molecule has 1 fully saturated rings. The molecule has 0 aromatic heterocycles. The van der Waals surface area contributed by atoms with Gasteiger partial charge in [0.25, 0.3) is 0 Å². The van der Waals surface area contributed by atoms with E-state index in [1.807, 2.05) is 0 Å². The number of primary amides is 1. The fourth-order valence-corrected chi connectivity index (χ4v) is 5.60. The van der Waals surface area contributed by atoms with Crippen LogP contribution < -0.4 is 30.5 Å². The van der Waals surface area contributed by atoms with Crippen LogP contribution in [0.3, 0.4) is 0 Å². The molecule has 0 heterocycles. The van der Waals surface area contributed by atoms with Gasteiger partial charge in [-0.1, -0.05) is 24.7 Å². The van der Waals surface area contributed by atoms with Crippen molar-refractivity contribution in [2.24, 2.45) is 11.7 Å². The second-order valence-corrected chi connectivity index (χ2v) is 10.2. The van der Waals surface area contributed by atoms with Crippen molar-refractivity contribution in [3.05, 3.63) is 41.0 Å². The molecule has 6 heteroatoms. The molecule has 1 aromatic carbocycles. The third-order valence-corrected chi connectivity index (χ3v) is 7.82. The number of hydrogen-bond acceptors (Lipinski definition) is 1. The molecule has 1 aromatic rings. The minimum Gasteiger partial charge on any atom is -1.00 e. The summed E-state index contributed by atoms with van der Waals surface area (Å²) >= 11 is 2.26. The van der Waals surface area contributed by atoms with Gasteiger partial charge < -0.3 is 30.5 Å². The number of halogens is 2. The van der Waals surface area contributed by atoms with E-state index in [0.717, 1.165) is 12.8 Å². The standard InChI is InChI=1S/C10H9.C9H17NOSi.2ClH.Ti/c1-8-6-9-4-2-3-5-10(9)7-8;1-12(2)8-6-4-3-5-7(8)9(10)11;;;/h2-7H,1H3;7H,3-6H2,1-2H3,(H2,10,11);2*1H;/q;;;;+2/p-2. The quantitative estimate of drug-likeness (QED) is 0.508. The summed E-state index contributed by atoms with van der Waals surface area (Å²) in [5.41, 5.74) is 9.71. The zero-order valence-electron chi connectivity index (χ0n) is 15.1. The molecule has 0 aliphatic heterocycles. The van der Waals surface area contributed by atoms with Gasteiger partial charge in [0.15, 0.2) is 0 Å². The van der Waals surface area contributed by atoms with Gasteiger partial charge in [-0.2, -0.15) is 0 Å². The molecule has 1 amide bonds. The number of carbonyl (C=O) groups is 1. The Morgan fingerprint density at radius 2 is 1.84 bits per heavy atom. The number of carbonyl (C=O) groups excluding carboxylic acids is 1. The Hall–Kier alpha value is -0.189. The zero-order chi connectivity index (χ0) is 17.0. The van der Waals surface area contributed by atoms with Crippen LogP contribution in [0.1, 0.15) is 48.0 Å². The summed E-state index contributed by atoms with van der Waals surface area (Å²) in [5, 5.41) is 1.47. The minimum atomic E-state index is -0.412. The van der Waals surface area contributed by atoms with E-state index in [9.17, 15) is 4.79 Å². The van der Waals surface area contributed by atoms with Crippen LogP contribution in [-0.4, -0.2) is 19.5 Å². The Morgan fingerprint density at radius 1 is 1.20 bits per heavy atom. The second-order valence-electron chi connectivity index (χ2n) is 6.68. The zero-order valence-corrected chi connectivity index (χ0v) is 19.2. The molecule has 2 aliphatic carbocycles. The molecule has 1 saturated carbocycles. The van der Waals surface area contributed by atoms with Gasteiger partial charge in [0.05, 0.1) is 5.92 Å². The van der Waals surface area contributed by atoms with Gasteiger partial charge >= 0.3 is 78.6 Å². The molecule has 0 radical (unpaired) electrons. The Kier molecular flexibility index (Phi) is 11.4. The van der Waals surface area contributed by atoms with Crippen molar-refractivity contribution in [2.75, 3.05) is 0 Å². The van der Waals surface area contributed by atoms with Crippen LogP contribution in [0.25, 0.3) is 6.08 Å². The molecule has 2 atom stereocenters. The van der Waals surface area contributed by atoms with E-state index in [-0.39, 0.29) is 36.6 Å². The van der Waals surface area contributed by atoms with Gasteiger partial charge in [-0.3, -0.25) is 4.79 Å². The molecule has 135 valence electrons. The molecule has 0 saturated heterocycles. The Morgan fingerprint density at radius 3 is 2.36 bits per heavy atom. The predicted octanol–water partition coefficient (Wildman–Crippen LogP) is -2.13. The maximum atomic E-state index is 11.1. The first-order valence-corrected chi connectivity index (χ1v) is 11.8. The van der Waals surface area contributed by atoms with Gasteiger partial charge in [0.2, 0.25) is 5.91 Å². The van der Waals surface area contributed by atoms with Crippen LogP contribution in [0, 0.1) is 5.92 Å². The molecule has 3 rings (SSSR count). The molecule has 0 bridgehead atoms. The topological polar surface area (TPSA) is 43.1 Å². The molecule has 2 nitrogen and oxygen atoms in total. The first-order valence-electron chi connectivity index (χ1n) is 8.35. The summed E-state index contributed by atoms with van der Waals surface area (Å²) in [7, 11) is -0.412. The SMILES string of the molecule is CC1=Cc2ccccc2[CH]1[Ti+2].C[Si](C)=C1CCCCC1C(N)=O.[Cl-].[Cl-]. The van der Waals surface area contributed by atoms with Crippen molar-refractivity contribution < 1.29 is 50.0 Å². The van der Waals surface area contributed by atoms with E-state index in [4.69, 9.17) is 5.73 Å². The van der Waals surface area contributed by atoms with Crippen molar-refractivity contribution in [2.45, 2.75) is 49.9 Å². The Labute approximate surface area is 177 Å². The first-order chi connectivity index (χ1) is 10.9. The van der Waals surface area contributed by atoms with Gasteiger partial charge in [-0.05, 0) is 19.3 Å². The fraction of sp³-hybridized carbons (Fsp3) is 0.474. The monoisotopic (exact) mass is 430 g/mol. The molecule has 2 unspecified atom stereocenters. The maximum absolute atomic E-state index is 11.1. The van der Waals surface area contributed by atoms with Gasteiger partial charge in [0.1, 0.15) is 0 Å². The van der Waals surface area contributed by atoms with Crippen molar-refractivity contribution in [3.63, 3.8) is 0 Å². The van der Waals surface area contributed by atoms with Crippen molar-refractivity contribution in [1.29, 1.82) is 0 Å². The van der Waals surface area contributed by atoms with Crippen LogP contribution in [-0.2, 0) is 25.2 Å². The summed E-state index contributed by atoms with van der Waals surface area (Å²) in [6.07, 6.45) is 6.86.